The lowest BCUT2D eigenvalue weighted by molar-refractivity contribution is -0.133. The van der Waals surface area contributed by atoms with Crippen LogP contribution in [-0.2, 0) is 22.4 Å². The topological polar surface area (TPSA) is 80.0 Å². The minimum absolute atomic E-state index is 0.00635. The predicted molar refractivity (Wildman–Crippen MR) is 90.6 cm³/mol. The second-order valence-electron chi connectivity index (χ2n) is 5.97. The third-order valence-electron chi connectivity index (χ3n) is 4.41. The molecule has 124 valence electrons. The highest BCUT2D eigenvalue weighted by molar-refractivity contribution is 5.94. The van der Waals surface area contributed by atoms with E-state index in [1.807, 2.05) is 12.1 Å². The fraction of sp³-hybridized carbons (Fsp3) is 0.529. The quantitative estimate of drug-likeness (QED) is 0.647. The van der Waals surface area contributed by atoms with Gasteiger partial charge in [-0.25, -0.2) is 4.99 Å². The number of morpholine rings is 1. The van der Waals surface area contributed by atoms with Crippen LogP contribution in [0.25, 0.3) is 0 Å². The number of hydrogen-bond acceptors (Lipinski definition) is 3. The van der Waals surface area contributed by atoms with Crippen LogP contribution in [0.1, 0.15) is 24.0 Å². The van der Waals surface area contributed by atoms with Crippen molar-refractivity contribution in [1.82, 2.24) is 4.90 Å². The number of hydrogen-bond donors (Lipinski definition) is 2. The fourth-order valence-electron chi connectivity index (χ4n) is 3.14. The molecular weight excluding hydrogens is 292 g/mol. The summed E-state index contributed by atoms with van der Waals surface area (Å²) in [5.41, 5.74) is 9.69. The molecule has 0 unspecified atom stereocenters. The number of amides is 1. The maximum Gasteiger partial charge on any atom is 0.244 e. The third-order valence-corrected chi connectivity index (χ3v) is 4.41. The van der Waals surface area contributed by atoms with E-state index >= 15 is 0 Å². The van der Waals surface area contributed by atoms with Crippen LogP contribution in [0.3, 0.4) is 0 Å². The van der Waals surface area contributed by atoms with Gasteiger partial charge < -0.3 is 20.7 Å². The van der Waals surface area contributed by atoms with E-state index in [2.05, 4.69) is 16.4 Å². The summed E-state index contributed by atoms with van der Waals surface area (Å²) in [6, 6.07) is 6.24. The fourth-order valence-corrected chi connectivity index (χ4v) is 3.14. The van der Waals surface area contributed by atoms with Gasteiger partial charge in [-0.3, -0.25) is 4.79 Å². The zero-order valence-corrected chi connectivity index (χ0v) is 13.4. The normalized spacial score (nSPS) is 18.4. The molecule has 0 saturated carbocycles. The number of nitrogens with zero attached hydrogens (tertiary/aromatic N) is 2. The van der Waals surface area contributed by atoms with Crippen molar-refractivity contribution < 1.29 is 9.53 Å². The van der Waals surface area contributed by atoms with Crippen LogP contribution >= 0.6 is 0 Å². The molecule has 6 heteroatoms. The number of nitrogens with one attached hydrogen (secondary N) is 1. The molecule has 0 spiro atoms. The molecule has 0 bridgehead atoms. The van der Waals surface area contributed by atoms with Crippen molar-refractivity contribution in [3.05, 3.63) is 29.3 Å². The molecule has 1 aromatic rings. The number of rotatable bonds is 3. The van der Waals surface area contributed by atoms with Gasteiger partial charge in [-0.1, -0.05) is 12.1 Å². The first-order valence-electron chi connectivity index (χ1n) is 8.27. The lowest BCUT2D eigenvalue weighted by Gasteiger charge is -2.26. The van der Waals surface area contributed by atoms with E-state index in [-0.39, 0.29) is 12.5 Å². The molecule has 2 aliphatic rings. The van der Waals surface area contributed by atoms with E-state index in [0.717, 1.165) is 18.5 Å². The van der Waals surface area contributed by atoms with Crippen molar-refractivity contribution in [3.8, 4) is 0 Å². The van der Waals surface area contributed by atoms with Crippen molar-refractivity contribution in [2.75, 3.05) is 38.2 Å². The number of guanidine groups is 1. The van der Waals surface area contributed by atoms with Crippen LogP contribution in [0, 0.1) is 0 Å². The number of aliphatic imine (C=N–C) groups is 1. The second-order valence-corrected chi connectivity index (χ2v) is 5.97. The van der Waals surface area contributed by atoms with Crippen LogP contribution in [0.2, 0.25) is 0 Å². The molecule has 0 atom stereocenters. The summed E-state index contributed by atoms with van der Waals surface area (Å²) in [6.07, 6.45) is 4.64. The van der Waals surface area contributed by atoms with Gasteiger partial charge in [-0.05, 0) is 42.9 Å². The van der Waals surface area contributed by atoms with Gasteiger partial charge in [0, 0.05) is 18.8 Å². The zero-order chi connectivity index (χ0) is 16.1. The number of fused-ring (bicyclic) bond motifs is 1. The molecular formula is C17H24N4O2. The first-order valence-corrected chi connectivity index (χ1v) is 8.27. The zero-order valence-electron chi connectivity index (χ0n) is 13.4. The van der Waals surface area contributed by atoms with Gasteiger partial charge in [0.2, 0.25) is 5.91 Å². The number of aryl methyl sites for hydroxylation is 1. The second kappa shape index (κ2) is 7.46. The summed E-state index contributed by atoms with van der Waals surface area (Å²) < 4.78 is 5.24. The number of nitrogens with two attached hydrogens (primary N) is 1. The number of benzene rings is 1. The van der Waals surface area contributed by atoms with Gasteiger partial charge in [0.25, 0.3) is 0 Å². The molecule has 1 heterocycles. The van der Waals surface area contributed by atoms with Gasteiger partial charge >= 0.3 is 0 Å². The Kier molecular flexibility index (Phi) is 5.12. The monoisotopic (exact) mass is 316 g/mol. The molecule has 1 aliphatic heterocycles. The summed E-state index contributed by atoms with van der Waals surface area (Å²) in [4.78, 5) is 18.0. The van der Waals surface area contributed by atoms with Gasteiger partial charge in [0.15, 0.2) is 5.96 Å². The van der Waals surface area contributed by atoms with E-state index in [1.54, 1.807) is 4.90 Å². The molecule has 1 amide bonds. The number of anilines is 1. The van der Waals surface area contributed by atoms with E-state index in [0.29, 0.717) is 32.3 Å². The smallest absolute Gasteiger partial charge is 0.244 e. The van der Waals surface area contributed by atoms with Crippen molar-refractivity contribution in [1.29, 1.82) is 0 Å². The summed E-state index contributed by atoms with van der Waals surface area (Å²) in [7, 11) is 0. The van der Waals surface area contributed by atoms with Crippen molar-refractivity contribution in [3.63, 3.8) is 0 Å². The van der Waals surface area contributed by atoms with Crippen molar-refractivity contribution in [2.24, 2.45) is 10.7 Å². The highest BCUT2D eigenvalue weighted by Gasteiger charge is 2.16. The first kappa shape index (κ1) is 15.8. The first-order chi connectivity index (χ1) is 11.2. The lowest BCUT2D eigenvalue weighted by atomic mass is 9.90. The standard InChI is InChI=1S/C17H24N4O2/c18-17(19-12-16(22)21-8-10-23-11-9-21)20-15-7-3-5-13-4-1-2-6-14(13)15/h3,5,7H,1-2,4,6,8-12H2,(H3,18,19,20). The van der Waals surface area contributed by atoms with Crippen LogP contribution in [0.5, 0.6) is 0 Å². The van der Waals surface area contributed by atoms with Gasteiger partial charge in [-0.15, -0.1) is 0 Å². The minimum atomic E-state index is -0.00635. The summed E-state index contributed by atoms with van der Waals surface area (Å²) in [5.74, 6) is 0.290. The highest BCUT2D eigenvalue weighted by atomic mass is 16.5. The number of ether oxygens (including phenoxy) is 1. The van der Waals surface area contributed by atoms with E-state index in [9.17, 15) is 4.79 Å². The molecule has 1 fully saturated rings. The molecule has 0 radical (unpaired) electrons. The average molecular weight is 316 g/mol. The summed E-state index contributed by atoms with van der Waals surface area (Å²) in [6.45, 7) is 2.54. The van der Waals surface area contributed by atoms with Crippen LogP contribution in [0.4, 0.5) is 5.69 Å². The molecule has 1 saturated heterocycles. The minimum Gasteiger partial charge on any atom is -0.378 e. The molecule has 3 rings (SSSR count). The Hall–Kier alpha value is -2.08. The van der Waals surface area contributed by atoms with Crippen LogP contribution < -0.4 is 11.1 Å². The SMILES string of the molecule is NC(=NCC(=O)N1CCOCC1)Nc1cccc2c1CCCC2. The Morgan fingerprint density at radius 1 is 1.26 bits per heavy atom. The van der Waals surface area contributed by atoms with Crippen LogP contribution in [-0.4, -0.2) is 49.6 Å². The Morgan fingerprint density at radius 2 is 2.04 bits per heavy atom. The third kappa shape index (κ3) is 4.01. The lowest BCUT2D eigenvalue weighted by Crippen LogP contribution is -2.42. The van der Waals surface area contributed by atoms with E-state index in [1.165, 1.54) is 24.0 Å². The van der Waals surface area contributed by atoms with E-state index < -0.39 is 0 Å². The van der Waals surface area contributed by atoms with Gasteiger partial charge in [-0.2, -0.15) is 0 Å². The van der Waals surface area contributed by atoms with E-state index in [4.69, 9.17) is 10.5 Å². The summed E-state index contributed by atoms with van der Waals surface area (Å²) in [5, 5.41) is 3.16. The van der Waals surface area contributed by atoms with Gasteiger partial charge in [0.1, 0.15) is 6.54 Å². The Morgan fingerprint density at radius 3 is 2.87 bits per heavy atom. The van der Waals surface area contributed by atoms with Gasteiger partial charge in [0.05, 0.1) is 13.2 Å². The summed E-state index contributed by atoms with van der Waals surface area (Å²) >= 11 is 0. The maximum absolute atomic E-state index is 12.1. The largest absolute Gasteiger partial charge is 0.378 e. The Bertz CT molecular complexity index is 594. The van der Waals surface area contributed by atoms with Crippen molar-refractivity contribution in [2.45, 2.75) is 25.7 Å². The highest BCUT2D eigenvalue weighted by Crippen LogP contribution is 2.27. The number of carbonyl (C=O) groups is 1. The molecule has 1 aromatic carbocycles. The number of carbonyl (C=O) groups excluding carboxylic acids is 1. The predicted octanol–water partition coefficient (Wildman–Crippen LogP) is 1.15. The molecule has 23 heavy (non-hydrogen) atoms. The molecule has 0 aromatic heterocycles. The molecule has 6 nitrogen and oxygen atoms in total. The Balaban J connectivity index is 1.60. The van der Waals surface area contributed by atoms with Crippen LogP contribution in [0.15, 0.2) is 23.2 Å². The molecule has 1 aliphatic carbocycles. The average Bonchev–Trinajstić information content (AvgIpc) is 2.61. The van der Waals surface area contributed by atoms with Crippen molar-refractivity contribution >= 4 is 17.6 Å². The Labute approximate surface area is 136 Å². The maximum atomic E-state index is 12.1. The molecule has 3 N–H and O–H groups in total.